The highest BCUT2D eigenvalue weighted by molar-refractivity contribution is 8.93. The molecule has 0 aliphatic carbocycles. The Morgan fingerprint density at radius 2 is 1.80 bits per heavy atom. The zero-order valence-electron chi connectivity index (χ0n) is 17.7. The zero-order chi connectivity index (χ0) is 21.0. The van der Waals surface area contributed by atoms with E-state index in [-0.39, 0.29) is 35.9 Å². The van der Waals surface area contributed by atoms with E-state index in [1.54, 1.807) is 32.4 Å². The number of aromatic nitrogens is 2. The van der Waals surface area contributed by atoms with Crippen molar-refractivity contribution >= 4 is 39.7 Å². The third-order valence-electron chi connectivity index (χ3n) is 4.99. The van der Waals surface area contributed by atoms with Gasteiger partial charge in [-0.3, -0.25) is 4.79 Å². The first-order valence-electron chi connectivity index (χ1n) is 9.56. The van der Waals surface area contributed by atoms with Crippen LogP contribution in [-0.2, 0) is 6.54 Å². The summed E-state index contributed by atoms with van der Waals surface area (Å²) in [6, 6.07) is 9.23. The van der Waals surface area contributed by atoms with Gasteiger partial charge in [-0.1, -0.05) is 0 Å². The van der Waals surface area contributed by atoms with Crippen LogP contribution in [0.4, 0.5) is 5.95 Å². The van der Waals surface area contributed by atoms with Gasteiger partial charge in [0.05, 0.1) is 31.8 Å². The number of anilines is 1. The van der Waals surface area contributed by atoms with Crippen molar-refractivity contribution in [2.45, 2.75) is 26.8 Å². The van der Waals surface area contributed by atoms with Gasteiger partial charge in [0, 0.05) is 18.7 Å². The van der Waals surface area contributed by atoms with Gasteiger partial charge in [0.25, 0.3) is 0 Å². The first-order valence-corrected chi connectivity index (χ1v) is 9.56. The standard InChI is InChI=1S/C22H27N3O4.BrH/c1-14-10-17-18(11-15(14)2)25(22(24-17)23-8-5-9-26)13-19(27)16-6-7-20(28-3)21(12-16)29-4;/h6-7,10-12,26H,5,8-9,13H2,1-4H3,(H,23,24);1H. The van der Waals surface area contributed by atoms with Crippen LogP contribution >= 0.6 is 17.0 Å². The smallest absolute Gasteiger partial charge is 0.204 e. The van der Waals surface area contributed by atoms with Gasteiger partial charge in [0.2, 0.25) is 5.95 Å². The molecule has 162 valence electrons. The van der Waals surface area contributed by atoms with Crippen LogP contribution in [0.5, 0.6) is 11.5 Å². The van der Waals surface area contributed by atoms with Crippen LogP contribution in [0.3, 0.4) is 0 Å². The largest absolute Gasteiger partial charge is 0.493 e. The summed E-state index contributed by atoms with van der Waals surface area (Å²) in [5, 5.41) is 12.3. The minimum Gasteiger partial charge on any atom is -0.493 e. The number of aliphatic hydroxyl groups excluding tert-OH is 1. The van der Waals surface area contributed by atoms with Crippen LogP contribution in [-0.4, -0.2) is 47.8 Å². The van der Waals surface area contributed by atoms with E-state index in [9.17, 15) is 4.79 Å². The number of benzene rings is 2. The Labute approximate surface area is 186 Å². The average Bonchev–Trinajstić information content (AvgIpc) is 3.04. The highest BCUT2D eigenvalue weighted by Crippen LogP contribution is 2.29. The van der Waals surface area contributed by atoms with Crippen molar-refractivity contribution in [3.05, 3.63) is 47.0 Å². The number of rotatable bonds is 9. The van der Waals surface area contributed by atoms with Crippen LogP contribution in [0.1, 0.15) is 27.9 Å². The van der Waals surface area contributed by atoms with Crippen molar-refractivity contribution in [1.82, 2.24) is 9.55 Å². The maximum absolute atomic E-state index is 13.0. The molecule has 30 heavy (non-hydrogen) atoms. The molecule has 7 nitrogen and oxygen atoms in total. The summed E-state index contributed by atoms with van der Waals surface area (Å²) in [6.07, 6.45) is 0.602. The monoisotopic (exact) mass is 477 g/mol. The van der Waals surface area contributed by atoms with E-state index >= 15 is 0 Å². The van der Waals surface area contributed by atoms with E-state index in [0.29, 0.717) is 36.0 Å². The van der Waals surface area contributed by atoms with Gasteiger partial charge >= 0.3 is 0 Å². The second kappa shape index (κ2) is 10.4. The molecule has 0 unspecified atom stereocenters. The Bertz CT molecular complexity index is 1030. The fourth-order valence-electron chi connectivity index (χ4n) is 3.20. The average molecular weight is 478 g/mol. The fraction of sp³-hybridized carbons (Fsp3) is 0.364. The van der Waals surface area contributed by atoms with Crippen LogP contribution < -0.4 is 14.8 Å². The lowest BCUT2D eigenvalue weighted by Crippen LogP contribution is -2.15. The number of imidazole rings is 1. The quantitative estimate of drug-likeness (QED) is 0.358. The van der Waals surface area contributed by atoms with Crippen molar-refractivity contribution < 1.29 is 19.4 Å². The normalized spacial score (nSPS) is 10.6. The predicted octanol–water partition coefficient (Wildman–Crippen LogP) is 3.93. The number of nitrogens with one attached hydrogen (secondary N) is 1. The second-order valence-corrected chi connectivity index (χ2v) is 6.94. The van der Waals surface area contributed by atoms with Crippen molar-refractivity contribution in [3.8, 4) is 11.5 Å². The molecule has 3 aromatic rings. The molecule has 0 amide bonds. The van der Waals surface area contributed by atoms with Crippen LogP contribution in [0.25, 0.3) is 11.0 Å². The number of ketones is 1. The molecule has 0 saturated heterocycles. The van der Waals surface area contributed by atoms with Gasteiger partial charge in [-0.05, 0) is 61.7 Å². The Hall–Kier alpha value is -2.58. The molecule has 0 fully saturated rings. The molecule has 1 aromatic heterocycles. The lowest BCUT2D eigenvalue weighted by atomic mass is 10.1. The number of aryl methyl sites for hydroxylation is 2. The predicted molar refractivity (Wildman–Crippen MR) is 124 cm³/mol. The summed E-state index contributed by atoms with van der Waals surface area (Å²) < 4.78 is 12.5. The Morgan fingerprint density at radius 3 is 2.47 bits per heavy atom. The minimum atomic E-state index is -0.0614. The SMILES string of the molecule is Br.COc1ccc(C(=O)Cn2c(NCCCO)nc3cc(C)c(C)cc32)cc1OC. The molecule has 0 aliphatic heterocycles. The maximum atomic E-state index is 13.0. The van der Waals surface area contributed by atoms with Gasteiger partial charge in [-0.2, -0.15) is 0 Å². The molecular formula is C22H28BrN3O4. The molecule has 0 spiro atoms. The van der Waals surface area contributed by atoms with E-state index < -0.39 is 0 Å². The van der Waals surface area contributed by atoms with E-state index in [0.717, 1.165) is 22.2 Å². The van der Waals surface area contributed by atoms with Gasteiger partial charge in [0.1, 0.15) is 0 Å². The first-order chi connectivity index (χ1) is 14.0. The Balaban J connectivity index is 0.00000320. The molecule has 0 atom stereocenters. The van der Waals surface area contributed by atoms with Gasteiger partial charge in [0.15, 0.2) is 17.3 Å². The van der Waals surface area contributed by atoms with Crippen molar-refractivity contribution in [2.24, 2.45) is 0 Å². The molecular weight excluding hydrogens is 450 g/mol. The molecule has 0 bridgehead atoms. The lowest BCUT2D eigenvalue weighted by Gasteiger charge is -2.12. The molecule has 8 heteroatoms. The van der Waals surface area contributed by atoms with Crippen LogP contribution in [0, 0.1) is 13.8 Å². The number of methoxy groups -OCH3 is 2. The van der Waals surface area contributed by atoms with Crippen molar-refractivity contribution in [2.75, 3.05) is 32.7 Å². The lowest BCUT2D eigenvalue weighted by molar-refractivity contribution is 0.0973. The summed E-state index contributed by atoms with van der Waals surface area (Å²) in [5.41, 5.74) is 4.55. The summed E-state index contributed by atoms with van der Waals surface area (Å²) in [6.45, 7) is 4.89. The molecule has 3 rings (SSSR count). The maximum Gasteiger partial charge on any atom is 0.204 e. The Morgan fingerprint density at radius 1 is 1.10 bits per heavy atom. The number of ether oxygens (including phenoxy) is 2. The van der Waals surface area contributed by atoms with E-state index in [1.165, 1.54) is 0 Å². The van der Waals surface area contributed by atoms with E-state index in [2.05, 4.69) is 16.4 Å². The van der Waals surface area contributed by atoms with Crippen molar-refractivity contribution in [1.29, 1.82) is 0 Å². The van der Waals surface area contributed by atoms with E-state index in [1.807, 2.05) is 24.5 Å². The minimum absolute atomic E-state index is 0. The van der Waals surface area contributed by atoms with Crippen LogP contribution in [0.15, 0.2) is 30.3 Å². The third kappa shape index (κ3) is 4.94. The fourth-order valence-corrected chi connectivity index (χ4v) is 3.20. The van der Waals surface area contributed by atoms with Crippen molar-refractivity contribution in [3.63, 3.8) is 0 Å². The number of aliphatic hydroxyl groups is 1. The van der Waals surface area contributed by atoms with E-state index in [4.69, 9.17) is 14.6 Å². The van der Waals surface area contributed by atoms with Gasteiger partial charge in [-0.15, -0.1) is 17.0 Å². The summed E-state index contributed by atoms with van der Waals surface area (Å²) >= 11 is 0. The number of hydrogen-bond acceptors (Lipinski definition) is 6. The molecule has 1 heterocycles. The summed E-state index contributed by atoms with van der Waals surface area (Å²) in [7, 11) is 3.11. The van der Waals surface area contributed by atoms with Gasteiger partial charge in [-0.25, -0.2) is 4.98 Å². The van der Waals surface area contributed by atoms with Gasteiger partial charge < -0.3 is 24.5 Å². The summed E-state index contributed by atoms with van der Waals surface area (Å²) in [5.74, 6) is 1.65. The molecule has 2 N–H and O–H groups in total. The molecule has 0 saturated carbocycles. The molecule has 2 aromatic carbocycles. The third-order valence-corrected chi connectivity index (χ3v) is 4.99. The highest BCUT2D eigenvalue weighted by Gasteiger charge is 2.17. The molecule has 0 radical (unpaired) electrons. The number of carbonyl (C=O) groups is 1. The molecule has 0 aliphatic rings. The first kappa shape index (κ1) is 23.7. The van der Waals surface area contributed by atoms with Crippen LogP contribution in [0.2, 0.25) is 0 Å². The number of hydrogen-bond donors (Lipinski definition) is 2. The number of Topliss-reactive ketones (excluding diaryl/α,β-unsaturated/α-hetero) is 1. The second-order valence-electron chi connectivity index (χ2n) is 6.94. The Kier molecular flexibility index (Phi) is 8.25. The zero-order valence-corrected chi connectivity index (χ0v) is 19.4. The number of carbonyl (C=O) groups excluding carboxylic acids is 1. The summed E-state index contributed by atoms with van der Waals surface area (Å²) in [4.78, 5) is 17.7. The topological polar surface area (TPSA) is 85.6 Å². The number of fused-ring (bicyclic) bond motifs is 1. The number of halogens is 1. The number of nitrogens with zero attached hydrogens (tertiary/aromatic N) is 2. The highest BCUT2D eigenvalue weighted by atomic mass is 79.9.